The van der Waals surface area contributed by atoms with Gasteiger partial charge in [0, 0.05) is 13.0 Å². The quantitative estimate of drug-likeness (QED) is 0.934. The lowest BCUT2D eigenvalue weighted by atomic mass is 10.2. The molecule has 0 fully saturated rings. The molecule has 1 N–H and O–H groups in total. The fourth-order valence-corrected chi connectivity index (χ4v) is 2.13. The molecule has 1 amide bonds. The Kier molecular flexibility index (Phi) is 4.73. The number of carbonyl (C=O) groups excluding carboxylic acids is 1. The number of hydrogen-bond donors (Lipinski definition) is 1. The SMILES string of the molecule is CC(C)(C)OC(=O)NCCc1ncsc1Br. The molecule has 0 unspecified atom stereocenters. The van der Waals surface area contributed by atoms with E-state index in [9.17, 15) is 4.79 Å². The van der Waals surface area contributed by atoms with Crippen LogP contribution in [0.15, 0.2) is 9.30 Å². The lowest BCUT2D eigenvalue weighted by Crippen LogP contribution is -2.33. The number of aromatic nitrogens is 1. The summed E-state index contributed by atoms with van der Waals surface area (Å²) in [6.07, 6.45) is 0.308. The Bertz CT molecular complexity index is 360. The molecule has 0 aliphatic carbocycles. The molecule has 1 aromatic rings. The zero-order chi connectivity index (χ0) is 12.2. The maximum Gasteiger partial charge on any atom is 0.407 e. The number of nitrogens with zero attached hydrogens (tertiary/aromatic N) is 1. The predicted octanol–water partition coefficient (Wildman–Crippen LogP) is 2.97. The lowest BCUT2D eigenvalue weighted by molar-refractivity contribution is 0.0528. The van der Waals surface area contributed by atoms with Gasteiger partial charge in [-0.25, -0.2) is 9.78 Å². The van der Waals surface area contributed by atoms with Crippen LogP contribution in [0.1, 0.15) is 26.5 Å². The van der Waals surface area contributed by atoms with Crippen LogP contribution in [0, 0.1) is 0 Å². The molecule has 4 nitrogen and oxygen atoms in total. The molecule has 1 heterocycles. The summed E-state index contributed by atoms with van der Waals surface area (Å²) in [4.78, 5) is 15.5. The minimum Gasteiger partial charge on any atom is -0.444 e. The van der Waals surface area contributed by atoms with Gasteiger partial charge >= 0.3 is 6.09 Å². The molecule has 90 valence electrons. The van der Waals surface area contributed by atoms with Crippen molar-refractivity contribution in [3.05, 3.63) is 15.0 Å². The van der Waals surface area contributed by atoms with E-state index in [0.717, 1.165) is 9.48 Å². The van der Waals surface area contributed by atoms with Gasteiger partial charge in [-0.2, -0.15) is 0 Å². The van der Waals surface area contributed by atoms with Crippen LogP contribution < -0.4 is 5.32 Å². The van der Waals surface area contributed by atoms with Crippen LogP contribution in [0.25, 0.3) is 0 Å². The highest BCUT2D eigenvalue weighted by atomic mass is 79.9. The van der Waals surface area contributed by atoms with Crippen molar-refractivity contribution < 1.29 is 9.53 Å². The summed E-state index contributed by atoms with van der Waals surface area (Å²) < 4.78 is 6.12. The van der Waals surface area contributed by atoms with E-state index in [1.807, 2.05) is 20.8 Å². The Hall–Kier alpha value is -0.620. The van der Waals surface area contributed by atoms with Gasteiger partial charge in [0.2, 0.25) is 0 Å². The van der Waals surface area contributed by atoms with E-state index in [-0.39, 0.29) is 6.09 Å². The van der Waals surface area contributed by atoms with E-state index in [1.54, 1.807) is 5.51 Å². The molecule has 0 radical (unpaired) electrons. The molecule has 0 saturated heterocycles. The van der Waals surface area contributed by atoms with E-state index >= 15 is 0 Å². The van der Waals surface area contributed by atoms with Crippen molar-refractivity contribution in [2.45, 2.75) is 32.8 Å². The van der Waals surface area contributed by atoms with Crippen molar-refractivity contribution in [3.63, 3.8) is 0 Å². The minimum atomic E-state index is -0.453. The van der Waals surface area contributed by atoms with Crippen molar-refractivity contribution >= 4 is 33.4 Å². The van der Waals surface area contributed by atoms with Gasteiger partial charge in [0.25, 0.3) is 0 Å². The van der Waals surface area contributed by atoms with E-state index in [4.69, 9.17) is 4.74 Å². The van der Waals surface area contributed by atoms with Gasteiger partial charge in [-0.3, -0.25) is 0 Å². The highest BCUT2D eigenvalue weighted by Gasteiger charge is 2.15. The zero-order valence-corrected chi connectivity index (χ0v) is 11.9. The fourth-order valence-electron chi connectivity index (χ4n) is 1.01. The first-order valence-corrected chi connectivity index (χ1v) is 6.60. The topological polar surface area (TPSA) is 51.2 Å². The second-order valence-electron chi connectivity index (χ2n) is 4.25. The first-order chi connectivity index (χ1) is 7.38. The molecule has 1 aromatic heterocycles. The monoisotopic (exact) mass is 306 g/mol. The molecule has 0 spiro atoms. The molecule has 0 bridgehead atoms. The summed E-state index contributed by atoms with van der Waals surface area (Å²) in [5, 5.41) is 2.69. The first-order valence-electron chi connectivity index (χ1n) is 4.93. The number of alkyl carbamates (subject to hydrolysis) is 1. The number of rotatable bonds is 3. The van der Waals surface area contributed by atoms with Gasteiger partial charge < -0.3 is 10.1 Å². The molecular weight excluding hydrogens is 292 g/mol. The largest absolute Gasteiger partial charge is 0.444 e. The Morgan fingerprint density at radius 3 is 2.81 bits per heavy atom. The van der Waals surface area contributed by atoms with Crippen LogP contribution in [0.2, 0.25) is 0 Å². The summed E-state index contributed by atoms with van der Waals surface area (Å²) in [7, 11) is 0. The van der Waals surface area contributed by atoms with Crippen LogP contribution >= 0.6 is 27.3 Å². The first kappa shape index (κ1) is 13.4. The normalized spacial score (nSPS) is 11.2. The molecule has 0 aromatic carbocycles. The lowest BCUT2D eigenvalue weighted by Gasteiger charge is -2.19. The summed E-state index contributed by atoms with van der Waals surface area (Å²) in [5.41, 5.74) is 2.28. The van der Waals surface area contributed by atoms with Crippen LogP contribution in [-0.2, 0) is 11.2 Å². The van der Waals surface area contributed by atoms with E-state index in [1.165, 1.54) is 11.3 Å². The van der Waals surface area contributed by atoms with Crippen LogP contribution in [0.4, 0.5) is 4.79 Å². The smallest absolute Gasteiger partial charge is 0.407 e. The van der Waals surface area contributed by atoms with Crippen LogP contribution in [-0.4, -0.2) is 23.2 Å². The number of halogens is 1. The summed E-state index contributed by atoms with van der Waals surface area (Å²) in [6, 6.07) is 0. The third kappa shape index (κ3) is 4.94. The Balaban J connectivity index is 2.26. The number of carbonyl (C=O) groups is 1. The van der Waals surface area contributed by atoms with E-state index in [2.05, 4.69) is 26.2 Å². The number of amides is 1. The number of thiazole rings is 1. The van der Waals surface area contributed by atoms with Crippen molar-refractivity contribution in [2.24, 2.45) is 0 Å². The Labute approximate surface area is 108 Å². The van der Waals surface area contributed by atoms with Gasteiger partial charge in [0.1, 0.15) is 5.60 Å². The highest BCUT2D eigenvalue weighted by Crippen LogP contribution is 2.20. The molecule has 0 saturated carbocycles. The Morgan fingerprint density at radius 2 is 2.31 bits per heavy atom. The number of nitrogens with one attached hydrogen (secondary N) is 1. The van der Waals surface area contributed by atoms with Gasteiger partial charge in [-0.1, -0.05) is 0 Å². The Morgan fingerprint density at radius 1 is 1.62 bits per heavy atom. The molecule has 0 aliphatic rings. The van der Waals surface area contributed by atoms with E-state index in [0.29, 0.717) is 13.0 Å². The van der Waals surface area contributed by atoms with Crippen molar-refractivity contribution in [3.8, 4) is 0 Å². The van der Waals surface area contributed by atoms with Crippen molar-refractivity contribution in [1.82, 2.24) is 10.3 Å². The van der Waals surface area contributed by atoms with Crippen molar-refractivity contribution in [1.29, 1.82) is 0 Å². The predicted molar refractivity (Wildman–Crippen MR) is 67.8 cm³/mol. The minimum absolute atomic E-state index is 0.390. The molecule has 1 rings (SSSR count). The molecule has 16 heavy (non-hydrogen) atoms. The summed E-state index contributed by atoms with van der Waals surface area (Å²) >= 11 is 4.93. The van der Waals surface area contributed by atoms with Gasteiger partial charge in [-0.05, 0) is 36.7 Å². The zero-order valence-electron chi connectivity index (χ0n) is 9.54. The summed E-state index contributed by atoms with van der Waals surface area (Å²) in [6.45, 7) is 6.04. The number of ether oxygens (including phenoxy) is 1. The van der Waals surface area contributed by atoms with Crippen LogP contribution in [0.3, 0.4) is 0 Å². The fraction of sp³-hybridized carbons (Fsp3) is 0.600. The third-order valence-electron chi connectivity index (χ3n) is 1.62. The summed E-state index contributed by atoms with van der Waals surface area (Å²) in [5.74, 6) is 0. The average molecular weight is 307 g/mol. The highest BCUT2D eigenvalue weighted by molar-refractivity contribution is 9.11. The van der Waals surface area contributed by atoms with Crippen molar-refractivity contribution in [2.75, 3.05) is 6.54 Å². The molecular formula is C10H15BrN2O2S. The second kappa shape index (κ2) is 5.63. The molecule has 0 aliphatic heterocycles. The van der Waals surface area contributed by atoms with Gasteiger partial charge in [0.15, 0.2) is 0 Å². The molecule has 6 heteroatoms. The van der Waals surface area contributed by atoms with Gasteiger partial charge in [-0.15, -0.1) is 11.3 Å². The van der Waals surface area contributed by atoms with Crippen LogP contribution in [0.5, 0.6) is 0 Å². The average Bonchev–Trinajstić information content (AvgIpc) is 2.48. The standard InChI is InChI=1S/C10H15BrN2O2S/c1-10(2,3)15-9(14)12-5-4-7-8(11)16-6-13-7/h6H,4-5H2,1-3H3,(H,12,14). The maximum absolute atomic E-state index is 11.3. The molecule has 0 atom stereocenters. The van der Waals surface area contributed by atoms with Gasteiger partial charge in [0.05, 0.1) is 15.0 Å². The third-order valence-corrected chi connectivity index (χ3v) is 3.29. The maximum atomic E-state index is 11.3. The second-order valence-corrected chi connectivity index (χ2v) is 6.42. The number of hydrogen-bond acceptors (Lipinski definition) is 4. The van der Waals surface area contributed by atoms with E-state index < -0.39 is 5.60 Å².